The Morgan fingerprint density at radius 3 is 1.81 bits per heavy atom. The van der Waals surface area contributed by atoms with Crippen LogP contribution >= 0.6 is 23.2 Å². The lowest BCUT2D eigenvalue weighted by molar-refractivity contribution is 0.508. The van der Waals surface area contributed by atoms with Crippen LogP contribution in [0.25, 0.3) is 0 Å². The highest BCUT2D eigenvalue weighted by Gasteiger charge is 2.37. The van der Waals surface area contributed by atoms with Crippen molar-refractivity contribution in [1.82, 2.24) is 0 Å². The molecule has 0 N–H and O–H groups in total. The fourth-order valence-electron chi connectivity index (χ4n) is 3.46. The minimum Gasteiger partial charge on any atom is -0.0956 e. The van der Waals surface area contributed by atoms with Crippen LogP contribution in [-0.4, -0.2) is 0 Å². The molecule has 0 aliphatic rings. The maximum Gasteiger partial charge on any atom is 0.149 e. The smallest absolute Gasteiger partial charge is 0.0956 e. The second kappa shape index (κ2) is 10.4. The Bertz CT molecular complexity index is 641. The van der Waals surface area contributed by atoms with Crippen LogP contribution in [0.3, 0.4) is 0 Å². The van der Waals surface area contributed by atoms with E-state index in [1.54, 1.807) is 0 Å². The summed E-state index contributed by atoms with van der Waals surface area (Å²) in [6.07, 6.45) is 8.67. The van der Waals surface area contributed by atoms with E-state index < -0.39 is 4.33 Å². The summed E-state index contributed by atoms with van der Waals surface area (Å²) in [6.45, 7) is 6.45. The highest BCUT2D eigenvalue weighted by atomic mass is 35.5. The molecule has 142 valence electrons. The quantitative estimate of drug-likeness (QED) is 0.281. The van der Waals surface area contributed by atoms with E-state index in [0.717, 1.165) is 18.4 Å². The first-order valence-corrected chi connectivity index (χ1v) is 10.7. The average molecular weight is 391 g/mol. The second-order valence-electron chi connectivity index (χ2n) is 7.51. The molecule has 0 heterocycles. The zero-order valence-corrected chi connectivity index (χ0v) is 17.9. The minimum absolute atomic E-state index is 0.0975. The number of hydrogen-bond acceptors (Lipinski definition) is 0. The van der Waals surface area contributed by atoms with Crippen LogP contribution in [0.4, 0.5) is 0 Å². The lowest BCUT2D eigenvalue weighted by atomic mass is 9.86. The summed E-state index contributed by atoms with van der Waals surface area (Å²) in [6, 6.07) is 17.0. The lowest BCUT2D eigenvalue weighted by Crippen LogP contribution is -2.22. The number of halogens is 2. The van der Waals surface area contributed by atoms with Crippen molar-refractivity contribution in [3.8, 4) is 0 Å². The van der Waals surface area contributed by atoms with Crippen LogP contribution in [-0.2, 0) is 4.33 Å². The van der Waals surface area contributed by atoms with Gasteiger partial charge >= 0.3 is 0 Å². The highest BCUT2D eigenvalue weighted by Crippen LogP contribution is 2.49. The molecule has 0 aliphatic heterocycles. The first-order chi connectivity index (χ1) is 12.4. The van der Waals surface area contributed by atoms with E-state index in [-0.39, 0.29) is 5.92 Å². The van der Waals surface area contributed by atoms with Crippen molar-refractivity contribution in [2.24, 2.45) is 0 Å². The normalized spacial score (nSPS) is 13.0. The molecule has 0 aromatic heterocycles. The predicted molar refractivity (Wildman–Crippen MR) is 116 cm³/mol. The third-order valence-corrected chi connectivity index (χ3v) is 6.16. The van der Waals surface area contributed by atoms with Gasteiger partial charge in [0.25, 0.3) is 0 Å². The molecule has 2 rings (SSSR count). The summed E-state index contributed by atoms with van der Waals surface area (Å²) in [5.41, 5.74) is 4.70. The molecule has 0 nitrogen and oxygen atoms in total. The molecule has 0 radical (unpaired) electrons. The molecule has 1 unspecified atom stereocenters. The van der Waals surface area contributed by atoms with Gasteiger partial charge in [-0.25, -0.2) is 0 Å². The van der Waals surface area contributed by atoms with E-state index in [0.29, 0.717) is 0 Å². The van der Waals surface area contributed by atoms with Crippen molar-refractivity contribution in [3.63, 3.8) is 0 Å². The van der Waals surface area contributed by atoms with Crippen LogP contribution in [0.5, 0.6) is 0 Å². The van der Waals surface area contributed by atoms with Crippen molar-refractivity contribution < 1.29 is 0 Å². The van der Waals surface area contributed by atoms with Crippen LogP contribution in [0.15, 0.2) is 48.5 Å². The van der Waals surface area contributed by atoms with E-state index in [2.05, 4.69) is 69.3 Å². The largest absolute Gasteiger partial charge is 0.149 e. The number of hydrogen-bond donors (Lipinski definition) is 0. The van der Waals surface area contributed by atoms with E-state index in [9.17, 15) is 0 Å². The van der Waals surface area contributed by atoms with Crippen LogP contribution in [0, 0.1) is 13.8 Å². The molecule has 0 fully saturated rings. The molecule has 2 aromatic rings. The molecule has 2 aromatic carbocycles. The molecule has 0 spiro atoms. The monoisotopic (exact) mass is 390 g/mol. The standard InChI is InChI=1S/C24H32Cl2/c1-4-5-6-7-8-9-10-23(21-15-11-19(2)12-16-21)24(25,26)22-17-13-20(3)14-18-22/h11-18,23H,4-10H2,1-3H3. The van der Waals surface area contributed by atoms with Gasteiger partial charge in [0.2, 0.25) is 0 Å². The van der Waals surface area contributed by atoms with Gasteiger partial charge < -0.3 is 0 Å². The number of unbranched alkanes of at least 4 members (excludes halogenated alkanes) is 5. The Kier molecular flexibility index (Phi) is 8.51. The predicted octanol–water partition coefficient (Wildman–Crippen LogP) is 8.47. The first-order valence-electron chi connectivity index (χ1n) is 9.96. The molecule has 0 bridgehead atoms. The molecular weight excluding hydrogens is 359 g/mol. The molecule has 0 saturated heterocycles. The molecule has 0 aliphatic carbocycles. The van der Waals surface area contributed by atoms with Gasteiger partial charge in [-0.15, -0.1) is 0 Å². The number of rotatable bonds is 10. The molecular formula is C24H32Cl2. The van der Waals surface area contributed by atoms with E-state index in [1.165, 1.54) is 48.8 Å². The van der Waals surface area contributed by atoms with Crippen LogP contribution < -0.4 is 0 Å². The zero-order valence-electron chi connectivity index (χ0n) is 16.4. The fraction of sp³-hybridized carbons (Fsp3) is 0.500. The van der Waals surface area contributed by atoms with Gasteiger partial charge in [-0.05, 0) is 31.4 Å². The van der Waals surface area contributed by atoms with Crippen molar-refractivity contribution in [2.45, 2.75) is 76.0 Å². The number of aryl methyl sites for hydroxylation is 2. The Hall–Kier alpha value is -0.980. The lowest BCUT2D eigenvalue weighted by Gasteiger charge is -2.31. The molecule has 26 heavy (non-hydrogen) atoms. The van der Waals surface area contributed by atoms with Crippen molar-refractivity contribution in [1.29, 1.82) is 0 Å². The third kappa shape index (κ3) is 6.03. The van der Waals surface area contributed by atoms with Gasteiger partial charge in [0.15, 0.2) is 0 Å². The van der Waals surface area contributed by atoms with Crippen molar-refractivity contribution >= 4 is 23.2 Å². The van der Waals surface area contributed by atoms with Gasteiger partial charge in [-0.2, -0.15) is 0 Å². The Morgan fingerprint density at radius 2 is 1.23 bits per heavy atom. The number of alkyl halides is 2. The Balaban J connectivity index is 2.16. The summed E-state index contributed by atoms with van der Waals surface area (Å²) in [4.78, 5) is 0. The minimum atomic E-state index is -0.910. The maximum absolute atomic E-state index is 6.98. The first kappa shape index (κ1) is 21.3. The summed E-state index contributed by atoms with van der Waals surface area (Å²) < 4.78 is -0.910. The van der Waals surface area contributed by atoms with Crippen molar-refractivity contribution in [3.05, 3.63) is 70.8 Å². The van der Waals surface area contributed by atoms with Gasteiger partial charge in [0.1, 0.15) is 4.33 Å². The van der Waals surface area contributed by atoms with Gasteiger partial charge in [-0.3, -0.25) is 0 Å². The SMILES string of the molecule is CCCCCCCCC(c1ccc(C)cc1)C(Cl)(Cl)c1ccc(C)cc1. The average Bonchev–Trinajstić information content (AvgIpc) is 2.62. The molecule has 2 heteroatoms. The highest BCUT2D eigenvalue weighted by molar-refractivity contribution is 6.48. The Morgan fingerprint density at radius 1 is 0.731 bits per heavy atom. The topological polar surface area (TPSA) is 0 Å². The summed E-state index contributed by atoms with van der Waals surface area (Å²) in [5, 5.41) is 0. The number of benzene rings is 2. The van der Waals surface area contributed by atoms with Gasteiger partial charge in [0.05, 0.1) is 0 Å². The van der Waals surface area contributed by atoms with Crippen LogP contribution in [0.1, 0.15) is 80.0 Å². The van der Waals surface area contributed by atoms with Crippen molar-refractivity contribution in [2.75, 3.05) is 0 Å². The zero-order chi connectivity index (χ0) is 19.0. The van der Waals surface area contributed by atoms with Gasteiger partial charge in [0, 0.05) is 5.92 Å². The maximum atomic E-state index is 6.98. The van der Waals surface area contributed by atoms with E-state index >= 15 is 0 Å². The van der Waals surface area contributed by atoms with E-state index in [4.69, 9.17) is 23.2 Å². The van der Waals surface area contributed by atoms with Crippen LogP contribution in [0.2, 0.25) is 0 Å². The second-order valence-corrected chi connectivity index (χ2v) is 8.89. The summed E-state index contributed by atoms with van der Waals surface area (Å²) >= 11 is 14.0. The third-order valence-electron chi connectivity index (χ3n) is 5.20. The van der Waals surface area contributed by atoms with E-state index in [1.807, 2.05) is 0 Å². The fourth-order valence-corrected chi connectivity index (χ4v) is 4.18. The summed E-state index contributed by atoms with van der Waals surface area (Å²) in [7, 11) is 0. The van der Waals surface area contributed by atoms with Gasteiger partial charge in [-0.1, -0.05) is 128 Å². The molecule has 1 atom stereocenters. The molecule has 0 saturated carbocycles. The summed E-state index contributed by atoms with van der Waals surface area (Å²) in [5.74, 6) is 0.0975. The molecule has 0 amide bonds. The Labute approximate surface area is 169 Å².